The van der Waals surface area contributed by atoms with E-state index in [1.165, 1.54) is 5.56 Å². The number of rotatable bonds is 9. The van der Waals surface area contributed by atoms with Crippen molar-refractivity contribution in [3.05, 3.63) is 102 Å². The van der Waals surface area contributed by atoms with Gasteiger partial charge in [-0.05, 0) is 49.1 Å². The first-order chi connectivity index (χ1) is 15.9. The van der Waals surface area contributed by atoms with Gasteiger partial charge in [0.1, 0.15) is 5.25 Å². The van der Waals surface area contributed by atoms with E-state index in [4.69, 9.17) is 0 Å². The summed E-state index contributed by atoms with van der Waals surface area (Å²) in [5.74, 6) is -0.464. The van der Waals surface area contributed by atoms with Gasteiger partial charge in [0, 0.05) is 30.1 Å². The Hall–Kier alpha value is -3.38. The molecule has 1 aromatic heterocycles. The minimum atomic E-state index is -3.88. The largest absolute Gasteiger partial charge is 0.361 e. The number of H-pyrrole nitrogens is 1. The highest BCUT2D eigenvalue weighted by Gasteiger charge is 2.34. The van der Waals surface area contributed by atoms with E-state index in [1.807, 2.05) is 61.5 Å². The van der Waals surface area contributed by atoms with Gasteiger partial charge >= 0.3 is 0 Å². The highest BCUT2D eigenvalue weighted by molar-refractivity contribution is 7.92. The van der Waals surface area contributed by atoms with Gasteiger partial charge in [-0.1, -0.05) is 66.2 Å². The molecule has 3 aromatic carbocycles. The smallest absolute Gasteiger partial charge is 0.239 e. The highest BCUT2D eigenvalue weighted by atomic mass is 32.2. The number of fused-ring (bicyclic) bond motifs is 1. The number of carbonyl (C=O) groups excluding carboxylic acids is 1. The second-order valence-electron chi connectivity index (χ2n) is 8.29. The molecular formula is C27H28N2O3S. The molecule has 0 aliphatic carbocycles. The van der Waals surface area contributed by atoms with Crippen LogP contribution < -0.4 is 5.32 Å². The molecule has 0 aliphatic rings. The van der Waals surface area contributed by atoms with Gasteiger partial charge in [-0.2, -0.15) is 0 Å². The van der Waals surface area contributed by atoms with E-state index in [0.29, 0.717) is 6.54 Å². The van der Waals surface area contributed by atoms with Crippen LogP contribution in [-0.2, 0) is 27.5 Å². The second-order valence-corrected chi connectivity index (χ2v) is 10.4. The van der Waals surface area contributed by atoms with Crippen LogP contribution in [0.3, 0.4) is 0 Å². The second kappa shape index (κ2) is 10.0. The van der Waals surface area contributed by atoms with Crippen LogP contribution in [0.25, 0.3) is 10.9 Å². The molecule has 1 unspecified atom stereocenters. The minimum Gasteiger partial charge on any atom is -0.361 e. The molecule has 0 saturated heterocycles. The van der Waals surface area contributed by atoms with Gasteiger partial charge in [0.2, 0.25) is 5.91 Å². The Kier molecular flexibility index (Phi) is 6.94. The van der Waals surface area contributed by atoms with Gasteiger partial charge in [0.15, 0.2) is 9.84 Å². The number of aryl methyl sites for hydroxylation is 2. The van der Waals surface area contributed by atoms with Gasteiger partial charge in [-0.3, -0.25) is 4.79 Å². The number of aromatic nitrogens is 1. The molecule has 1 heterocycles. The van der Waals surface area contributed by atoms with Crippen molar-refractivity contribution in [2.45, 2.75) is 36.3 Å². The van der Waals surface area contributed by atoms with Crippen molar-refractivity contribution in [1.29, 1.82) is 0 Å². The Morgan fingerprint density at radius 1 is 0.939 bits per heavy atom. The summed E-state index contributed by atoms with van der Waals surface area (Å²) >= 11 is 0. The molecule has 0 radical (unpaired) electrons. The SMILES string of the molecule is Cc1ccc(S(=O)(=O)C(Cc2c[nH]c3ccccc23)C(=O)NCCCc2ccccc2)cc1. The number of nitrogens with one attached hydrogen (secondary N) is 2. The van der Waals surface area contributed by atoms with Gasteiger partial charge in [-0.25, -0.2) is 8.42 Å². The molecule has 0 fully saturated rings. The zero-order chi connectivity index (χ0) is 23.3. The molecule has 0 spiro atoms. The summed E-state index contributed by atoms with van der Waals surface area (Å²) in [4.78, 5) is 16.5. The first-order valence-electron chi connectivity index (χ1n) is 11.1. The van der Waals surface area contributed by atoms with Crippen molar-refractivity contribution in [2.75, 3.05) is 6.54 Å². The third-order valence-electron chi connectivity index (χ3n) is 5.88. The standard InChI is InChI=1S/C27H28N2O3S/c1-20-13-15-23(16-14-20)33(31,32)26(18-22-19-29-25-12-6-5-11-24(22)25)27(30)28-17-7-10-21-8-3-2-4-9-21/h2-6,8-9,11-16,19,26,29H,7,10,17-18H2,1H3,(H,28,30). The number of carbonyl (C=O) groups is 1. The summed E-state index contributed by atoms with van der Waals surface area (Å²) in [6.45, 7) is 2.32. The number of para-hydroxylation sites is 1. The predicted octanol–water partition coefficient (Wildman–Crippen LogP) is 4.61. The van der Waals surface area contributed by atoms with E-state index in [0.717, 1.165) is 34.9 Å². The summed E-state index contributed by atoms with van der Waals surface area (Å²) < 4.78 is 27.1. The third-order valence-corrected chi connectivity index (χ3v) is 7.94. The summed E-state index contributed by atoms with van der Waals surface area (Å²) in [6.07, 6.45) is 3.45. The number of sulfone groups is 1. The average Bonchev–Trinajstić information content (AvgIpc) is 3.24. The molecular weight excluding hydrogens is 432 g/mol. The van der Waals surface area contributed by atoms with Crippen LogP contribution in [-0.4, -0.2) is 31.1 Å². The van der Waals surface area contributed by atoms with Crippen LogP contribution >= 0.6 is 0 Å². The Morgan fingerprint density at radius 2 is 1.64 bits per heavy atom. The average molecular weight is 461 g/mol. The number of amides is 1. The lowest BCUT2D eigenvalue weighted by molar-refractivity contribution is -0.120. The molecule has 1 atom stereocenters. The Morgan fingerprint density at radius 3 is 2.39 bits per heavy atom. The van der Waals surface area contributed by atoms with E-state index in [-0.39, 0.29) is 11.3 Å². The summed E-state index contributed by atoms with van der Waals surface area (Å²) in [7, 11) is -3.88. The Balaban J connectivity index is 1.55. The number of aromatic amines is 1. The fourth-order valence-electron chi connectivity index (χ4n) is 4.00. The molecule has 6 heteroatoms. The first kappa shape index (κ1) is 22.8. The van der Waals surface area contributed by atoms with E-state index in [1.54, 1.807) is 30.5 Å². The van der Waals surface area contributed by atoms with Crippen LogP contribution in [0, 0.1) is 6.92 Å². The Bertz CT molecular complexity index is 1330. The topological polar surface area (TPSA) is 79.0 Å². The van der Waals surface area contributed by atoms with Crippen molar-refractivity contribution in [3.8, 4) is 0 Å². The maximum Gasteiger partial charge on any atom is 0.239 e. The normalized spacial score (nSPS) is 12.5. The lowest BCUT2D eigenvalue weighted by Crippen LogP contribution is -2.41. The van der Waals surface area contributed by atoms with Crippen molar-refractivity contribution in [1.82, 2.24) is 10.3 Å². The summed E-state index contributed by atoms with van der Waals surface area (Å²) in [5, 5.41) is 2.59. The lowest BCUT2D eigenvalue weighted by atomic mass is 10.1. The van der Waals surface area contributed by atoms with E-state index in [9.17, 15) is 13.2 Å². The van der Waals surface area contributed by atoms with Crippen molar-refractivity contribution < 1.29 is 13.2 Å². The molecule has 0 bridgehead atoms. The van der Waals surface area contributed by atoms with Gasteiger partial charge in [-0.15, -0.1) is 0 Å². The van der Waals surface area contributed by atoms with Crippen molar-refractivity contribution in [3.63, 3.8) is 0 Å². The number of hydrogen-bond donors (Lipinski definition) is 2. The summed E-state index contributed by atoms with van der Waals surface area (Å²) in [6, 6.07) is 24.4. The number of hydrogen-bond acceptors (Lipinski definition) is 3. The zero-order valence-electron chi connectivity index (χ0n) is 18.6. The van der Waals surface area contributed by atoms with E-state index < -0.39 is 21.0 Å². The molecule has 33 heavy (non-hydrogen) atoms. The first-order valence-corrected chi connectivity index (χ1v) is 12.7. The van der Waals surface area contributed by atoms with Gasteiger partial charge in [0.25, 0.3) is 0 Å². The van der Waals surface area contributed by atoms with Crippen LogP contribution in [0.15, 0.2) is 90.0 Å². The molecule has 5 nitrogen and oxygen atoms in total. The monoisotopic (exact) mass is 460 g/mol. The molecule has 2 N–H and O–H groups in total. The van der Waals surface area contributed by atoms with E-state index >= 15 is 0 Å². The van der Waals surface area contributed by atoms with Crippen LogP contribution in [0.2, 0.25) is 0 Å². The maximum atomic E-state index is 13.5. The van der Waals surface area contributed by atoms with E-state index in [2.05, 4.69) is 10.3 Å². The zero-order valence-corrected chi connectivity index (χ0v) is 19.4. The van der Waals surface area contributed by atoms with Crippen LogP contribution in [0.4, 0.5) is 0 Å². The fraction of sp³-hybridized carbons (Fsp3) is 0.222. The quantitative estimate of drug-likeness (QED) is 0.358. The molecule has 0 aliphatic heterocycles. The third kappa shape index (κ3) is 5.34. The Labute approximate surface area is 194 Å². The van der Waals surface area contributed by atoms with Gasteiger partial charge in [0.05, 0.1) is 4.90 Å². The minimum absolute atomic E-state index is 0.102. The predicted molar refractivity (Wildman–Crippen MR) is 132 cm³/mol. The molecule has 0 saturated carbocycles. The molecule has 170 valence electrons. The molecule has 4 rings (SSSR count). The lowest BCUT2D eigenvalue weighted by Gasteiger charge is -2.18. The van der Waals surface area contributed by atoms with Crippen molar-refractivity contribution >= 4 is 26.6 Å². The van der Waals surface area contributed by atoms with Crippen LogP contribution in [0.1, 0.15) is 23.1 Å². The summed E-state index contributed by atoms with van der Waals surface area (Å²) in [5.41, 5.74) is 3.88. The molecule has 1 amide bonds. The fourth-order valence-corrected chi connectivity index (χ4v) is 5.61. The highest BCUT2D eigenvalue weighted by Crippen LogP contribution is 2.25. The van der Waals surface area contributed by atoms with Crippen molar-refractivity contribution in [2.24, 2.45) is 0 Å². The van der Waals surface area contributed by atoms with Crippen LogP contribution in [0.5, 0.6) is 0 Å². The van der Waals surface area contributed by atoms with Gasteiger partial charge < -0.3 is 10.3 Å². The maximum absolute atomic E-state index is 13.5. The number of benzene rings is 3. The molecule has 4 aromatic rings.